The zero-order valence-corrected chi connectivity index (χ0v) is 19.9. The lowest BCUT2D eigenvalue weighted by atomic mass is 9.98. The van der Waals surface area contributed by atoms with Gasteiger partial charge in [0, 0.05) is 38.9 Å². The van der Waals surface area contributed by atoms with Gasteiger partial charge in [-0.3, -0.25) is 9.59 Å². The first-order chi connectivity index (χ1) is 15.8. The van der Waals surface area contributed by atoms with E-state index in [0.29, 0.717) is 44.7 Å². The molecule has 178 valence electrons. The largest absolute Gasteiger partial charge is 0.356 e. The predicted octanol–water partition coefficient (Wildman–Crippen LogP) is 2.67. The van der Waals surface area contributed by atoms with Crippen molar-refractivity contribution in [2.75, 3.05) is 26.2 Å². The van der Waals surface area contributed by atoms with Crippen LogP contribution in [0.5, 0.6) is 0 Å². The molecule has 0 saturated carbocycles. The van der Waals surface area contributed by atoms with Crippen LogP contribution in [0.15, 0.2) is 41.4 Å². The molecule has 2 aliphatic heterocycles. The Kier molecular flexibility index (Phi) is 7.19. The van der Waals surface area contributed by atoms with E-state index in [1.54, 1.807) is 4.90 Å². The molecule has 9 heteroatoms. The number of piperidine rings is 2. The monoisotopic (exact) mass is 472 g/mol. The number of carbonyl (C=O) groups is 2. The average Bonchev–Trinajstić information content (AvgIpc) is 3.35. The van der Waals surface area contributed by atoms with Crippen LogP contribution >= 0.6 is 0 Å². The van der Waals surface area contributed by atoms with E-state index in [0.717, 1.165) is 30.4 Å². The second kappa shape index (κ2) is 10.1. The van der Waals surface area contributed by atoms with Crippen LogP contribution in [0.25, 0.3) is 0 Å². The third-order valence-electron chi connectivity index (χ3n) is 6.51. The van der Waals surface area contributed by atoms with E-state index in [9.17, 15) is 18.0 Å². The Labute approximate surface area is 195 Å². The summed E-state index contributed by atoms with van der Waals surface area (Å²) in [5, 5.41) is 2.94. The summed E-state index contributed by atoms with van der Waals surface area (Å²) in [4.78, 5) is 30.1. The van der Waals surface area contributed by atoms with Crippen LogP contribution in [0.3, 0.4) is 0 Å². The van der Waals surface area contributed by atoms with Crippen molar-refractivity contribution < 1.29 is 18.0 Å². The average molecular weight is 473 g/mol. The Hall–Kier alpha value is -2.65. The number of aromatic nitrogens is 1. The predicted molar refractivity (Wildman–Crippen MR) is 125 cm³/mol. The van der Waals surface area contributed by atoms with Gasteiger partial charge in [0.1, 0.15) is 10.6 Å². The number of carbonyl (C=O) groups excluding carboxylic acids is 2. The number of aromatic amines is 1. The van der Waals surface area contributed by atoms with Crippen LogP contribution in [0.1, 0.15) is 53.7 Å². The first-order valence-corrected chi connectivity index (χ1v) is 13.1. The molecule has 1 aromatic heterocycles. The minimum Gasteiger partial charge on any atom is -0.356 e. The zero-order chi connectivity index (χ0) is 23.4. The molecule has 2 fully saturated rings. The van der Waals surface area contributed by atoms with E-state index >= 15 is 0 Å². The molecule has 2 saturated heterocycles. The quantitative estimate of drug-likeness (QED) is 0.675. The van der Waals surface area contributed by atoms with Gasteiger partial charge in [0.05, 0.1) is 5.92 Å². The number of benzene rings is 1. The Balaban J connectivity index is 1.38. The first kappa shape index (κ1) is 23.5. The van der Waals surface area contributed by atoms with E-state index in [4.69, 9.17) is 0 Å². The fourth-order valence-corrected chi connectivity index (χ4v) is 6.00. The fraction of sp³-hybridized carbons (Fsp3) is 0.500. The second-order valence-electron chi connectivity index (χ2n) is 9.01. The van der Waals surface area contributed by atoms with Gasteiger partial charge >= 0.3 is 0 Å². The number of likely N-dealkylation sites (tertiary alicyclic amines) is 1. The molecule has 33 heavy (non-hydrogen) atoms. The van der Waals surface area contributed by atoms with Crippen molar-refractivity contribution in [3.8, 4) is 0 Å². The lowest BCUT2D eigenvalue weighted by Gasteiger charge is -2.31. The van der Waals surface area contributed by atoms with E-state index in [2.05, 4.69) is 10.3 Å². The maximum Gasteiger partial charge on any atom is 0.270 e. The van der Waals surface area contributed by atoms with Crippen molar-refractivity contribution in [1.82, 2.24) is 19.5 Å². The second-order valence-corrected chi connectivity index (χ2v) is 10.9. The van der Waals surface area contributed by atoms with Gasteiger partial charge in [-0.25, -0.2) is 8.42 Å². The highest BCUT2D eigenvalue weighted by Crippen LogP contribution is 2.25. The van der Waals surface area contributed by atoms with Gasteiger partial charge in [-0.2, -0.15) is 4.31 Å². The molecule has 0 radical (unpaired) electrons. The lowest BCUT2D eigenvalue weighted by Crippen LogP contribution is -2.45. The summed E-state index contributed by atoms with van der Waals surface area (Å²) in [6.07, 6.45) is 5.71. The first-order valence-electron chi connectivity index (χ1n) is 11.7. The summed E-state index contributed by atoms with van der Waals surface area (Å²) in [5.41, 5.74) is 2.45. The molecule has 1 atom stereocenters. The molecule has 2 aliphatic rings. The molecule has 3 heterocycles. The zero-order valence-electron chi connectivity index (χ0n) is 19.0. The Bertz CT molecular complexity index is 1090. The number of aryl methyl sites for hydroxylation is 1. The summed E-state index contributed by atoms with van der Waals surface area (Å²) in [6.45, 7) is 4.34. The molecule has 0 aliphatic carbocycles. The number of sulfonamides is 1. The molecular weight excluding hydrogens is 440 g/mol. The molecule has 2 aromatic rings. The van der Waals surface area contributed by atoms with Crippen LogP contribution in [-0.4, -0.2) is 60.6 Å². The topological polar surface area (TPSA) is 103 Å². The smallest absolute Gasteiger partial charge is 0.270 e. The fourth-order valence-electron chi connectivity index (χ4n) is 4.48. The van der Waals surface area contributed by atoms with Crippen molar-refractivity contribution in [3.05, 3.63) is 53.3 Å². The summed E-state index contributed by atoms with van der Waals surface area (Å²) in [7, 11) is -3.79. The van der Waals surface area contributed by atoms with Gasteiger partial charge in [0.15, 0.2) is 0 Å². The normalized spacial score (nSPS) is 19.9. The number of hydrogen-bond donors (Lipinski definition) is 2. The van der Waals surface area contributed by atoms with Crippen molar-refractivity contribution in [3.63, 3.8) is 0 Å². The van der Waals surface area contributed by atoms with Gasteiger partial charge in [0.25, 0.3) is 5.91 Å². The van der Waals surface area contributed by atoms with Crippen molar-refractivity contribution >= 4 is 21.8 Å². The van der Waals surface area contributed by atoms with Crippen LogP contribution in [0.4, 0.5) is 0 Å². The molecule has 8 nitrogen and oxygen atoms in total. The molecule has 0 spiro atoms. The summed E-state index contributed by atoms with van der Waals surface area (Å²) >= 11 is 0. The third-order valence-corrected chi connectivity index (χ3v) is 8.35. The van der Waals surface area contributed by atoms with Crippen LogP contribution in [0, 0.1) is 12.8 Å². The molecule has 2 N–H and O–H groups in total. The SMILES string of the molecule is Cc1ccc(CNC(=O)[C@H]2CCCN(S(=O)(=O)c3c[nH]c(C(=O)N4CCCCC4)c3)C2)cc1. The Morgan fingerprint density at radius 1 is 1.06 bits per heavy atom. The van der Waals surface area contributed by atoms with Gasteiger partial charge < -0.3 is 15.2 Å². The number of hydrogen-bond acceptors (Lipinski definition) is 4. The van der Waals surface area contributed by atoms with Gasteiger partial charge in [0.2, 0.25) is 15.9 Å². The van der Waals surface area contributed by atoms with Crippen LogP contribution < -0.4 is 5.32 Å². The van der Waals surface area contributed by atoms with Gasteiger partial charge in [-0.05, 0) is 50.7 Å². The molecule has 2 amide bonds. The Morgan fingerprint density at radius 2 is 1.79 bits per heavy atom. The number of amides is 2. The van der Waals surface area contributed by atoms with Gasteiger partial charge in [-0.15, -0.1) is 0 Å². The van der Waals surface area contributed by atoms with E-state index in [1.807, 2.05) is 31.2 Å². The minimum atomic E-state index is -3.79. The highest BCUT2D eigenvalue weighted by Gasteiger charge is 2.34. The van der Waals surface area contributed by atoms with E-state index in [-0.39, 0.29) is 23.3 Å². The van der Waals surface area contributed by atoms with Crippen LogP contribution in [-0.2, 0) is 21.4 Å². The number of H-pyrrole nitrogens is 1. The van der Waals surface area contributed by atoms with Crippen LogP contribution in [0.2, 0.25) is 0 Å². The highest BCUT2D eigenvalue weighted by molar-refractivity contribution is 7.89. The number of rotatable bonds is 6. The Morgan fingerprint density at radius 3 is 2.52 bits per heavy atom. The number of nitrogens with zero attached hydrogens (tertiary/aromatic N) is 2. The number of nitrogens with one attached hydrogen (secondary N) is 2. The standard InChI is InChI=1S/C24H32N4O4S/c1-18-7-9-19(10-8-18)15-26-23(29)20-6-5-13-28(17-20)33(31,32)21-14-22(25-16-21)24(30)27-11-3-2-4-12-27/h7-10,14,16,20,25H,2-6,11-13,15,17H2,1H3,(H,26,29)/t20-/m0/s1. The third kappa shape index (κ3) is 5.47. The summed E-state index contributed by atoms with van der Waals surface area (Å²) in [5.74, 6) is -0.693. The molecular formula is C24H32N4O4S. The van der Waals surface area contributed by atoms with E-state index < -0.39 is 15.9 Å². The maximum atomic E-state index is 13.2. The maximum absolute atomic E-state index is 13.2. The minimum absolute atomic E-state index is 0.0728. The summed E-state index contributed by atoms with van der Waals surface area (Å²) in [6, 6.07) is 9.37. The lowest BCUT2D eigenvalue weighted by molar-refractivity contribution is -0.126. The van der Waals surface area contributed by atoms with Crippen molar-refractivity contribution in [2.24, 2.45) is 5.92 Å². The van der Waals surface area contributed by atoms with E-state index in [1.165, 1.54) is 16.6 Å². The van der Waals surface area contributed by atoms with Gasteiger partial charge in [-0.1, -0.05) is 29.8 Å². The molecule has 0 unspecified atom stereocenters. The highest BCUT2D eigenvalue weighted by atomic mass is 32.2. The van der Waals surface area contributed by atoms with Crippen molar-refractivity contribution in [1.29, 1.82) is 0 Å². The molecule has 0 bridgehead atoms. The molecule has 1 aromatic carbocycles. The summed E-state index contributed by atoms with van der Waals surface area (Å²) < 4.78 is 27.8. The van der Waals surface area contributed by atoms with Crippen molar-refractivity contribution in [2.45, 2.75) is 50.5 Å². The molecule has 4 rings (SSSR count).